The summed E-state index contributed by atoms with van der Waals surface area (Å²) >= 11 is 0. The molecular formula is C25H23F2NO2. The monoisotopic (exact) mass is 407 g/mol. The highest BCUT2D eigenvalue weighted by molar-refractivity contribution is 6.13. The van der Waals surface area contributed by atoms with E-state index in [1.807, 2.05) is 60.7 Å². The number of benzene rings is 3. The van der Waals surface area contributed by atoms with Gasteiger partial charge in [0.1, 0.15) is 0 Å². The van der Waals surface area contributed by atoms with Gasteiger partial charge in [-0.05, 0) is 43.0 Å². The number of carbonyl (C=O) groups is 1. The lowest BCUT2D eigenvalue weighted by Gasteiger charge is -2.11. The Hall–Kier alpha value is -3.34. The van der Waals surface area contributed by atoms with E-state index in [4.69, 9.17) is 4.99 Å². The highest BCUT2D eigenvalue weighted by Gasteiger charge is 2.24. The van der Waals surface area contributed by atoms with Crippen molar-refractivity contribution in [2.75, 3.05) is 6.61 Å². The molecule has 5 heteroatoms. The highest BCUT2D eigenvalue weighted by Crippen LogP contribution is 2.27. The van der Waals surface area contributed by atoms with E-state index in [0.29, 0.717) is 25.9 Å². The fraction of sp³-hybridized carbons (Fsp3) is 0.200. The molecule has 0 bridgehead atoms. The van der Waals surface area contributed by atoms with Gasteiger partial charge >= 0.3 is 0 Å². The molecule has 0 N–H and O–H groups in total. The molecule has 0 amide bonds. The van der Waals surface area contributed by atoms with Crippen LogP contribution in [0.4, 0.5) is 8.78 Å². The first kappa shape index (κ1) is 21.4. The first-order valence-corrected chi connectivity index (χ1v) is 9.83. The summed E-state index contributed by atoms with van der Waals surface area (Å²) in [5.74, 6) is -1.57. The van der Waals surface area contributed by atoms with E-state index >= 15 is 0 Å². The van der Waals surface area contributed by atoms with Crippen molar-refractivity contribution in [1.82, 2.24) is 0 Å². The minimum atomic E-state index is -0.783. The normalized spacial score (nSPS) is 12.4. The van der Waals surface area contributed by atoms with Crippen LogP contribution < -0.4 is 0 Å². The maximum atomic E-state index is 13.5. The summed E-state index contributed by atoms with van der Waals surface area (Å²) < 4.78 is 31.1. The topological polar surface area (TPSA) is 38.7 Å². The van der Waals surface area contributed by atoms with Crippen LogP contribution in [-0.4, -0.2) is 24.8 Å². The second kappa shape index (κ2) is 10.4. The molecular weight excluding hydrogens is 384 g/mol. The van der Waals surface area contributed by atoms with Crippen LogP contribution in [0.2, 0.25) is 0 Å². The fourth-order valence-corrected chi connectivity index (χ4v) is 3.44. The number of fused-ring (bicyclic) bond motifs is 1. The van der Waals surface area contributed by atoms with Gasteiger partial charge < -0.3 is 4.74 Å². The summed E-state index contributed by atoms with van der Waals surface area (Å²) in [5, 5.41) is 0. The van der Waals surface area contributed by atoms with Gasteiger partial charge in [-0.1, -0.05) is 60.7 Å². The van der Waals surface area contributed by atoms with Crippen molar-refractivity contribution in [1.29, 1.82) is 0 Å². The third-order valence-corrected chi connectivity index (χ3v) is 4.79. The Bertz CT molecular complexity index is 932. The van der Waals surface area contributed by atoms with Gasteiger partial charge in [0.05, 0.1) is 18.4 Å². The van der Waals surface area contributed by atoms with Crippen LogP contribution in [0.1, 0.15) is 29.2 Å². The van der Waals surface area contributed by atoms with E-state index in [0.717, 1.165) is 28.0 Å². The van der Waals surface area contributed by atoms with Crippen LogP contribution in [0.3, 0.4) is 0 Å². The Balaban J connectivity index is 0.000000461. The zero-order valence-corrected chi connectivity index (χ0v) is 16.7. The zero-order chi connectivity index (χ0) is 21.3. The first-order chi connectivity index (χ1) is 14.6. The SMILES string of the molecule is CCOC=O.Fc1cc2c(cc1F)CC(N=C(c1ccccc1)c1ccccc1)C2. The molecule has 0 aromatic heterocycles. The molecule has 3 aromatic carbocycles. The predicted molar refractivity (Wildman–Crippen MR) is 114 cm³/mol. The molecule has 0 radical (unpaired) electrons. The largest absolute Gasteiger partial charge is 0.468 e. The lowest BCUT2D eigenvalue weighted by Crippen LogP contribution is -2.11. The van der Waals surface area contributed by atoms with E-state index in [2.05, 4.69) is 4.74 Å². The van der Waals surface area contributed by atoms with Gasteiger partial charge in [0.2, 0.25) is 0 Å². The number of aliphatic imine (C=N–C) groups is 1. The number of ether oxygens (including phenoxy) is 1. The van der Waals surface area contributed by atoms with Gasteiger partial charge in [0.15, 0.2) is 11.6 Å². The summed E-state index contributed by atoms with van der Waals surface area (Å²) in [6, 6.07) is 22.7. The molecule has 30 heavy (non-hydrogen) atoms. The summed E-state index contributed by atoms with van der Waals surface area (Å²) in [4.78, 5) is 14.1. The third kappa shape index (κ3) is 5.38. The molecule has 0 saturated carbocycles. The maximum absolute atomic E-state index is 13.5. The van der Waals surface area contributed by atoms with E-state index in [1.165, 1.54) is 12.1 Å². The summed E-state index contributed by atoms with van der Waals surface area (Å²) in [6.45, 7) is 2.66. The third-order valence-electron chi connectivity index (χ3n) is 4.79. The lowest BCUT2D eigenvalue weighted by atomic mass is 10.0. The Morgan fingerprint density at radius 3 is 1.77 bits per heavy atom. The second-order valence-electron chi connectivity index (χ2n) is 6.86. The summed E-state index contributed by atoms with van der Waals surface area (Å²) in [7, 11) is 0. The summed E-state index contributed by atoms with van der Waals surface area (Å²) in [5.41, 5.74) is 4.71. The molecule has 1 aliphatic rings. The number of hydrogen-bond acceptors (Lipinski definition) is 3. The van der Waals surface area contributed by atoms with Crippen LogP contribution in [0, 0.1) is 11.6 Å². The van der Waals surface area contributed by atoms with Gasteiger partial charge in [-0.3, -0.25) is 9.79 Å². The number of nitrogens with zero attached hydrogens (tertiary/aromatic N) is 1. The second-order valence-corrected chi connectivity index (χ2v) is 6.86. The number of hydrogen-bond donors (Lipinski definition) is 0. The Kier molecular flexibility index (Phi) is 7.44. The molecule has 0 atom stereocenters. The van der Waals surface area contributed by atoms with Gasteiger partial charge in [0.25, 0.3) is 6.47 Å². The smallest absolute Gasteiger partial charge is 0.293 e. The molecule has 1 aliphatic carbocycles. The van der Waals surface area contributed by atoms with Gasteiger partial charge in [-0.15, -0.1) is 0 Å². The fourth-order valence-electron chi connectivity index (χ4n) is 3.44. The molecule has 3 aromatic rings. The van der Waals surface area contributed by atoms with Crippen molar-refractivity contribution < 1.29 is 18.3 Å². The molecule has 0 fully saturated rings. The first-order valence-electron chi connectivity index (χ1n) is 9.83. The Morgan fingerprint density at radius 1 is 0.933 bits per heavy atom. The van der Waals surface area contributed by atoms with Crippen molar-refractivity contribution in [2.24, 2.45) is 4.99 Å². The van der Waals surface area contributed by atoms with E-state index in [1.54, 1.807) is 6.92 Å². The van der Waals surface area contributed by atoms with Gasteiger partial charge in [0, 0.05) is 11.1 Å². The van der Waals surface area contributed by atoms with Crippen molar-refractivity contribution >= 4 is 12.2 Å². The van der Waals surface area contributed by atoms with Gasteiger partial charge in [-0.25, -0.2) is 8.78 Å². The van der Waals surface area contributed by atoms with Crippen LogP contribution >= 0.6 is 0 Å². The van der Waals surface area contributed by atoms with E-state index in [9.17, 15) is 13.6 Å². The van der Waals surface area contributed by atoms with Crippen LogP contribution in [0.5, 0.6) is 0 Å². The molecule has 154 valence electrons. The maximum Gasteiger partial charge on any atom is 0.293 e. The Labute approximate surface area is 175 Å². The number of halogens is 2. The van der Waals surface area contributed by atoms with Crippen molar-refractivity contribution in [3.05, 3.63) is 107 Å². The number of carbonyl (C=O) groups excluding carboxylic acids is 1. The molecule has 0 saturated heterocycles. The molecule has 0 aliphatic heterocycles. The van der Waals surface area contributed by atoms with E-state index in [-0.39, 0.29) is 6.04 Å². The molecule has 0 unspecified atom stereocenters. The predicted octanol–water partition coefficient (Wildman–Crippen LogP) is 5.15. The zero-order valence-electron chi connectivity index (χ0n) is 16.7. The standard InChI is InChI=1S/C22H17F2N.C3H6O2/c23-20-13-17-11-19(12-18(17)14-21(20)24)25-22(15-7-3-1-4-8-15)16-9-5-2-6-10-16;1-2-5-3-4/h1-10,13-14,19H,11-12H2;3H,2H2,1H3. The minimum Gasteiger partial charge on any atom is -0.468 e. The van der Waals surface area contributed by atoms with Crippen LogP contribution in [0.15, 0.2) is 77.8 Å². The van der Waals surface area contributed by atoms with Crippen LogP contribution in [0.25, 0.3) is 0 Å². The van der Waals surface area contributed by atoms with Crippen molar-refractivity contribution in [3.8, 4) is 0 Å². The lowest BCUT2D eigenvalue weighted by molar-refractivity contribution is -0.128. The average Bonchev–Trinajstić information content (AvgIpc) is 3.16. The average molecular weight is 407 g/mol. The van der Waals surface area contributed by atoms with E-state index < -0.39 is 11.6 Å². The summed E-state index contributed by atoms with van der Waals surface area (Å²) in [6.07, 6.45) is 1.27. The molecule has 3 nitrogen and oxygen atoms in total. The quantitative estimate of drug-likeness (QED) is 0.433. The Morgan fingerprint density at radius 2 is 1.40 bits per heavy atom. The molecule has 0 heterocycles. The number of rotatable bonds is 5. The highest BCUT2D eigenvalue weighted by atomic mass is 19.2. The molecule has 4 rings (SSSR count). The molecule has 0 spiro atoms. The van der Waals surface area contributed by atoms with Crippen LogP contribution in [-0.2, 0) is 22.4 Å². The van der Waals surface area contributed by atoms with Crippen molar-refractivity contribution in [3.63, 3.8) is 0 Å². The van der Waals surface area contributed by atoms with Gasteiger partial charge in [-0.2, -0.15) is 0 Å². The van der Waals surface area contributed by atoms with Crippen molar-refractivity contribution in [2.45, 2.75) is 25.8 Å². The minimum absolute atomic E-state index is 0.00777.